The molecule has 3 N–H and O–H groups in total. The van der Waals surface area contributed by atoms with Crippen molar-refractivity contribution >= 4 is 5.97 Å². The molecule has 2 fully saturated rings. The average molecular weight is 367 g/mol. The molecule has 2 rings (SSSR count). The predicted octanol–water partition coefficient (Wildman–Crippen LogP) is 4.69. The number of aliphatic carboxylic acids is 1. The van der Waals surface area contributed by atoms with Crippen LogP contribution in [-0.2, 0) is 4.79 Å². The van der Waals surface area contributed by atoms with Gasteiger partial charge >= 0.3 is 5.97 Å². The highest BCUT2D eigenvalue weighted by atomic mass is 16.4. The molecule has 4 heteroatoms. The van der Waals surface area contributed by atoms with Crippen LogP contribution in [0, 0.1) is 17.8 Å². The van der Waals surface area contributed by atoms with Gasteiger partial charge in [-0.05, 0) is 62.7 Å². The number of carbonyl (C=O) groups is 1. The van der Waals surface area contributed by atoms with Crippen LogP contribution in [-0.4, -0.2) is 34.0 Å². The first-order chi connectivity index (χ1) is 12.6. The van der Waals surface area contributed by atoms with Gasteiger partial charge in [0, 0.05) is 13.0 Å². The third kappa shape index (κ3) is 7.03. The number of hydrogen-bond donors (Lipinski definition) is 3. The van der Waals surface area contributed by atoms with Gasteiger partial charge in [-0.1, -0.05) is 50.2 Å². The second kappa shape index (κ2) is 11.8. The number of aliphatic hydroxyl groups is 2. The number of fused-ring (bicyclic) bond motifs is 1. The smallest absolute Gasteiger partial charge is 0.303 e. The van der Waals surface area contributed by atoms with Crippen molar-refractivity contribution in [1.82, 2.24) is 0 Å². The summed E-state index contributed by atoms with van der Waals surface area (Å²) in [6.07, 6.45) is 16.7. The molecule has 2 aliphatic rings. The SMILES string of the molecule is O=C(O)CCC/C=C1\C[C@H]2C[C@@H](O)[C@H](CCCCCCCCCO)[C@H]2C1. The van der Waals surface area contributed by atoms with Gasteiger partial charge in [0.1, 0.15) is 0 Å². The maximum atomic E-state index is 10.6. The molecule has 0 spiro atoms. The Morgan fingerprint density at radius 1 is 1.00 bits per heavy atom. The van der Waals surface area contributed by atoms with E-state index in [0.29, 0.717) is 24.4 Å². The van der Waals surface area contributed by atoms with Crippen molar-refractivity contribution in [1.29, 1.82) is 0 Å². The Morgan fingerprint density at radius 3 is 2.38 bits per heavy atom. The minimum atomic E-state index is -0.705. The Morgan fingerprint density at radius 2 is 1.69 bits per heavy atom. The summed E-state index contributed by atoms with van der Waals surface area (Å²) in [6, 6.07) is 0. The number of hydrogen-bond acceptors (Lipinski definition) is 3. The van der Waals surface area contributed by atoms with Gasteiger partial charge in [-0.15, -0.1) is 0 Å². The number of unbranched alkanes of at least 4 members (excludes halogenated alkanes) is 7. The van der Waals surface area contributed by atoms with Gasteiger partial charge < -0.3 is 15.3 Å². The fraction of sp³-hybridized carbons (Fsp3) is 0.864. The van der Waals surface area contributed by atoms with Crippen molar-refractivity contribution in [2.75, 3.05) is 6.61 Å². The van der Waals surface area contributed by atoms with E-state index in [1.807, 2.05) is 0 Å². The topological polar surface area (TPSA) is 77.8 Å². The summed E-state index contributed by atoms with van der Waals surface area (Å²) in [4.78, 5) is 10.6. The van der Waals surface area contributed by atoms with E-state index >= 15 is 0 Å². The second-order valence-corrected chi connectivity index (χ2v) is 8.43. The third-order valence-electron chi connectivity index (χ3n) is 6.44. The molecule has 4 atom stereocenters. The summed E-state index contributed by atoms with van der Waals surface area (Å²) in [5, 5.41) is 27.9. The summed E-state index contributed by atoms with van der Waals surface area (Å²) in [5.74, 6) is 1.07. The first-order valence-electron chi connectivity index (χ1n) is 10.8. The predicted molar refractivity (Wildman–Crippen MR) is 104 cm³/mol. The fourth-order valence-electron chi connectivity index (χ4n) is 5.08. The van der Waals surface area contributed by atoms with Crippen molar-refractivity contribution in [2.24, 2.45) is 17.8 Å². The summed E-state index contributed by atoms with van der Waals surface area (Å²) >= 11 is 0. The van der Waals surface area contributed by atoms with Crippen LogP contribution in [0.4, 0.5) is 0 Å². The number of aliphatic hydroxyl groups excluding tert-OH is 2. The van der Waals surface area contributed by atoms with Crippen LogP contribution in [0.2, 0.25) is 0 Å². The van der Waals surface area contributed by atoms with Crippen molar-refractivity contribution in [2.45, 2.75) is 96.0 Å². The molecule has 0 aliphatic heterocycles. The highest BCUT2D eigenvalue weighted by Crippen LogP contribution is 2.51. The van der Waals surface area contributed by atoms with Gasteiger partial charge in [0.2, 0.25) is 0 Å². The molecule has 0 amide bonds. The van der Waals surface area contributed by atoms with Gasteiger partial charge in [0.15, 0.2) is 0 Å². The molecule has 0 aromatic carbocycles. The molecule has 0 saturated heterocycles. The van der Waals surface area contributed by atoms with Crippen LogP contribution < -0.4 is 0 Å². The quantitative estimate of drug-likeness (QED) is 0.326. The molecular weight excluding hydrogens is 328 g/mol. The first kappa shape index (κ1) is 21.4. The van der Waals surface area contributed by atoms with Crippen LogP contribution in [0.5, 0.6) is 0 Å². The monoisotopic (exact) mass is 366 g/mol. The minimum absolute atomic E-state index is 0.108. The summed E-state index contributed by atoms with van der Waals surface area (Å²) in [6.45, 7) is 0.318. The molecule has 4 nitrogen and oxygen atoms in total. The zero-order chi connectivity index (χ0) is 18.8. The van der Waals surface area contributed by atoms with Crippen molar-refractivity contribution in [3.8, 4) is 0 Å². The summed E-state index contributed by atoms with van der Waals surface area (Å²) < 4.78 is 0. The third-order valence-corrected chi connectivity index (χ3v) is 6.44. The molecule has 0 aromatic rings. The molecule has 2 saturated carbocycles. The lowest BCUT2D eigenvalue weighted by molar-refractivity contribution is -0.137. The maximum Gasteiger partial charge on any atom is 0.303 e. The molecule has 0 bridgehead atoms. The molecule has 0 radical (unpaired) electrons. The van der Waals surface area contributed by atoms with Crippen LogP contribution >= 0.6 is 0 Å². The van der Waals surface area contributed by atoms with Gasteiger partial charge in [-0.25, -0.2) is 0 Å². The zero-order valence-electron chi connectivity index (χ0n) is 16.2. The number of allylic oxidation sites excluding steroid dienone is 2. The van der Waals surface area contributed by atoms with Gasteiger partial charge in [0.25, 0.3) is 0 Å². The number of carboxylic acids is 1. The van der Waals surface area contributed by atoms with Gasteiger partial charge in [-0.2, -0.15) is 0 Å². The van der Waals surface area contributed by atoms with E-state index in [1.165, 1.54) is 37.7 Å². The Balaban J connectivity index is 1.63. The number of rotatable bonds is 13. The Kier molecular flexibility index (Phi) is 9.69. The average Bonchev–Trinajstić information content (AvgIpc) is 3.11. The van der Waals surface area contributed by atoms with Crippen molar-refractivity contribution < 1.29 is 20.1 Å². The van der Waals surface area contributed by atoms with Crippen molar-refractivity contribution in [3.05, 3.63) is 11.6 Å². The standard InChI is InChI=1S/C22H38O4/c23-13-9-5-3-1-2-4-6-11-19-20-15-17(10-7-8-12-22(25)26)14-18(20)16-21(19)24/h10,18-21,23-24H,1-9,11-16H2,(H,25,26)/b17-10+/t18-,19+,20-,21+/m0/s1. The second-order valence-electron chi connectivity index (χ2n) is 8.43. The summed E-state index contributed by atoms with van der Waals surface area (Å²) in [7, 11) is 0. The first-order valence-corrected chi connectivity index (χ1v) is 10.8. The van der Waals surface area contributed by atoms with E-state index in [0.717, 1.165) is 51.4 Å². The van der Waals surface area contributed by atoms with E-state index in [2.05, 4.69) is 6.08 Å². The molecule has 0 unspecified atom stereocenters. The van der Waals surface area contributed by atoms with Gasteiger partial charge in [-0.3, -0.25) is 4.79 Å². The fourth-order valence-corrected chi connectivity index (χ4v) is 5.08. The Labute approximate surface area is 158 Å². The Bertz CT molecular complexity index is 445. The lowest BCUT2D eigenvalue weighted by Gasteiger charge is -2.21. The molecule has 0 heterocycles. The Hall–Kier alpha value is -0.870. The number of carboxylic acid groups (broad SMARTS) is 1. The van der Waals surface area contributed by atoms with Crippen LogP contribution in [0.15, 0.2) is 11.6 Å². The lowest BCUT2D eigenvalue weighted by atomic mass is 9.86. The van der Waals surface area contributed by atoms with Crippen molar-refractivity contribution in [3.63, 3.8) is 0 Å². The normalized spacial score (nSPS) is 29.4. The largest absolute Gasteiger partial charge is 0.481 e. The minimum Gasteiger partial charge on any atom is -0.481 e. The van der Waals surface area contributed by atoms with E-state index in [1.54, 1.807) is 0 Å². The van der Waals surface area contributed by atoms with E-state index in [-0.39, 0.29) is 12.5 Å². The molecule has 0 aromatic heterocycles. The van der Waals surface area contributed by atoms with Crippen LogP contribution in [0.25, 0.3) is 0 Å². The van der Waals surface area contributed by atoms with E-state index in [9.17, 15) is 9.90 Å². The molecule has 150 valence electrons. The van der Waals surface area contributed by atoms with E-state index < -0.39 is 5.97 Å². The summed E-state index contributed by atoms with van der Waals surface area (Å²) in [5.41, 5.74) is 1.51. The van der Waals surface area contributed by atoms with Gasteiger partial charge in [0.05, 0.1) is 6.10 Å². The lowest BCUT2D eigenvalue weighted by Crippen LogP contribution is -2.19. The molecular formula is C22H38O4. The highest BCUT2D eigenvalue weighted by Gasteiger charge is 2.45. The highest BCUT2D eigenvalue weighted by molar-refractivity contribution is 5.66. The van der Waals surface area contributed by atoms with Crippen LogP contribution in [0.1, 0.15) is 89.9 Å². The molecule has 26 heavy (non-hydrogen) atoms. The molecule has 2 aliphatic carbocycles. The zero-order valence-corrected chi connectivity index (χ0v) is 16.2. The maximum absolute atomic E-state index is 10.6. The van der Waals surface area contributed by atoms with E-state index in [4.69, 9.17) is 10.2 Å². The van der Waals surface area contributed by atoms with Crippen LogP contribution in [0.3, 0.4) is 0 Å².